The first-order chi connectivity index (χ1) is 2.91. The van der Waals surface area contributed by atoms with Crippen molar-refractivity contribution in [3.63, 3.8) is 0 Å². The maximum atomic E-state index is 4.66. The van der Waals surface area contributed by atoms with Gasteiger partial charge in [0.25, 0.3) is 0 Å². The minimum absolute atomic E-state index is 0.814. The molecular formula is C4H10OP. The standard InChI is InChI=1S/C4H10OP/c1-2-3-4-5-6/h1-4,6H2. The Labute approximate surface area is 41.4 Å². The van der Waals surface area contributed by atoms with E-state index in [-0.39, 0.29) is 0 Å². The zero-order chi connectivity index (χ0) is 4.83. The number of hydrogen-bond acceptors (Lipinski definition) is 1. The average Bonchev–Trinajstić information content (AvgIpc) is 1.61. The Balaban J connectivity index is 2.34. The van der Waals surface area contributed by atoms with Crippen LogP contribution in [-0.2, 0) is 4.52 Å². The molecule has 0 aromatic heterocycles. The first-order valence-corrected chi connectivity index (χ1v) is 2.50. The molecule has 1 unspecified atom stereocenters. The van der Waals surface area contributed by atoms with Gasteiger partial charge in [0, 0.05) is 9.47 Å². The lowest BCUT2D eigenvalue weighted by Gasteiger charge is -1.88. The van der Waals surface area contributed by atoms with E-state index < -0.39 is 0 Å². The molecule has 0 saturated carbocycles. The maximum Gasteiger partial charge on any atom is 0.0501 e. The second kappa shape index (κ2) is 5.39. The highest BCUT2D eigenvalue weighted by Crippen LogP contribution is 1.90. The van der Waals surface area contributed by atoms with Crippen LogP contribution < -0.4 is 0 Å². The van der Waals surface area contributed by atoms with Crippen LogP contribution in [0.25, 0.3) is 0 Å². The molecule has 0 N–H and O–H groups in total. The van der Waals surface area contributed by atoms with E-state index in [4.69, 9.17) is 0 Å². The Kier molecular flexibility index (Phi) is 5.74. The third-order valence-electron chi connectivity index (χ3n) is 0.512. The molecule has 0 aromatic rings. The van der Waals surface area contributed by atoms with Crippen LogP contribution >= 0.6 is 9.47 Å². The highest BCUT2D eigenvalue weighted by molar-refractivity contribution is 7.09. The molecule has 6 heavy (non-hydrogen) atoms. The molecule has 0 rings (SSSR count). The van der Waals surface area contributed by atoms with Gasteiger partial charge in [0.05, 0.1) is 6.61 Å². The normalized spacial score (nSPS) is 9.00. The molecule has 0 bridgehead atoms. The Morgan fingerprint density at radius 2 is 2.33 bits per heavy atom. The summed E-state index contributed by atoms with van der Waals surface area (Å²) in [5, 5.41) is 0. The Hall–Kier alpha value is 0.390. The molecule has 0 amide bonds. The smallest absolute Gasteiger partial charge is 0.0501 e. The fourth-order valence-electron chi connectivity index (χ4n) is 0.185. The van der Waals surface area contributed by atoms with E-state index >= 15 is 0 Å². The third kappa shape index (κ3) is 4.39. The van der Waals surface area contributed by atoms with Crippen LogP contribution in [0, 0.1) is 6.92 Å². The zero-order valence-corrected chi connectivity index (χ0v) is 4.97. The lowest BCUT2D eigenvalue weighted by Crippen LogP contribution is -1.78. The van der Waals surface area contributed by atoms with Gasteiger partial charge in [0.1, 0.15) is 0 Å². The van der Waals surface area contributed by atoms with Crippen LogP contribution in [0.2, 0.25) is 0 Å². The van der Waals surface area contributed by atoms with E-state index in [1.165, 1.54) is 0 Å². The third-order valence-corrected chi connectivity index (χ3v) is 0.748. The monoisotopic (exact) mass is 105 g/mol. The van der Waals surface area contributed by atoms with Gasteiger partial charge in [0.2, 0.25) is 0 Å². The molecule has 1 atom stereocenters. The number of hydrogen-bond donors (Lipinski definition) is 0. The van der Waals surface area contributed by atoms with Crippen molar-refractivity contribution in [2.24, 2.45) is 0 Å². The molecule has 0 saturated heterocycles. The van der Waals surface area contributed by atoms with Gasteiger partial charge < -0.3 is 4.52 Å². The highest BCUT2D eigenvalue weighted by atomic mass is 31.0. The van der Waals surface area contributed by atoms with Crippen molar-refractivity contribution >= 4 is 9.47 Å². The van der Waals surface area contributed by atoms with Gasteiger partial charge in [-0.2, -0.15) is 0 Å². The van der Waals surface area contributed by atoms with Crippen molar-refractivity contribution < 1.29 is 4.52 Å². The molecule has 0 aliphatic heterocycles. The van der Waals surface area contributed by atoms with Gasteiger partial charge in [-0.05, 0) is 6.42 Å². The molecular weight excluding hydrogens is 95.0 g/mol. The second-order valence-corrected chi connectivity index (χ2v) is 1.41. The number of rotatable bonds is 3. The molecule has 0 fully saturated rings. The summed E-state index contributed by atoms with van der Waals surface area (Å²) in [5.74, 6) is 0. The molecule has 0 heterocycles. The minimum atomic E-state index is 0.814. The molecule has 0 aliphatic rings. The summed E-state index contributed by atoms with van der Waals surface area (Å²) in [6, 6.07) is 0. The van der Waals surface area contributed by atoms with Crippen LogP contribution in [0.5, 0.6) is 0 Å². The number of unbranched alkanes of at least 4 members (excludes halogenated alkanes) is 1. The summed E-state index contributed by atoms with van der Waals surface area (Å²) < 4.78 is 4.66. The first-order valence-electron chi connectivity index (χ1n) is 2.02. The van der Waals surface area contributed by atoms with Crippen LogP contribution in [-0.4, -0.2) is 6.61 Å². The maximum absolute atomic E-state index is 4.66. The van der Waals surface area contributed by atoms with Gasteiger partial charge in [-0.1, -0.05) is 13.3 Å². The van der Waals surface area contributed by atoms with Crippen molar-refractivity contribution in [1.29, 1.82) is 0 Å². The van der Waals surface area contributed by atoms with Gasteiger partial charge in [-0.3, -0.25) is 0 Å². The molecule has 37 valence electrons. The summed E-state index contributed by atoms with van der Waals surface area (Å²) in [5.41, 5.74) is 0. The van der Waals surface area contributed by atoms with E-state index in [1.54, 1.807) is 0 Å². The quantitative estimate of drug-likeness (QED) is 0.389. The summed E-state index contributed by atoms with van der Waals surface area (Å²) in [6.07, 6.45) is 2.03. The summed E-state index contributed by atoms with van der Waals surface area (Å²) in [7, 11) is 2.20. The zero-order valence-electron chi connectivity index (χ0n) is 3.81. The van der Waals surface area contributed by atoms with Crippen LogP contribution in [0.1, 0.15) is 12.8 Å². The molecule has 1 nitrogen and oxygen atoms in total. The van der Waals surface area contributed by atoms with E-state index in [1.807, 2.05) is 0 Å². The van der Waals surface area contributed by atoms with E-state index in [9.17, 15) is 0 Å². The predicted molar refractivity (Wildman–Crippen MR) is 30.3 cm³/mol. The average molecular weight is 105 g/mol. The molecule has 2 heteroatoms. The minimum Gasteiger partial charge on any atom is -0.366 e. The fraction of sp³-hybridized carbons (Fsp3) is 0.750. The van der Waals surface area contributed by atoms with E-state index in [0.717, 1.165) is 19.4 Å². The Bertz CT molecular complexity index is 19.5. The second-order valence-electron chi connectivity index (χ2n) is 1.08. The predicted octanol–water partition coefficient (Wildman–Crippen LogP) is 1.41. The SMILES string of the molecule is [CH2]CCCOP. The summed E-state index contributed by atoms with van der Waals surface area (Å²) >= 11 is 0. The van der Waals surface area contributed by atoms with Gasteiger partial charge in [-0.25, -0.2) is 0 Å². The van der Waals surface area contributed by atoms with Gasteiger partial charge in [0.15, 0.2) is 0 Å². The lowest BCUT2D eigenvalue weighted by molar-refractivity contribution is 0.364. The first kappa shape index (κ1) is 6.39. The molecule has 0 aliphatic carbocycles. The Morgan fingerprint density at radius 1 is 1.67 bits per heavy atom. The summed E-state index contributed by atoms with van der Waals surface area (Å²) in [6.45, 7) is 4.45. The van der Waals surface area contributed by atoms with Crippen molar-refractivity contribution in [1.82, 2.24) is 0 Å². The summed E-state index contributed by atoms with van der Waals surface area (Å²) in [4.78, 5) is 0. The van der Waals surface area contributed by atoms with E-state index in [0.29, 0.717) is 0 Å². The Morgan fingerprint density at radius 3 is 2.50 bits per heavy atom. The van der Waals surface area contributed by atoms with E-state index in [2.05, 4.69) is 20.9 Å². The lowest BCUT2D eigenvalue weighted by atomic mass is 10.4. The highest BCUT2D eigenvalue weighted by Gasteiger charge is 1.74. The topological polar surface area (TPSA) is 9.23 Å². The molecule has 0 aromatic carbocycles. The van der Waals surface area contributed by atoms with Gasteiger partial charge in [-0.15, -0.1) is 0 Å². The van der Waals surface area contributed by atoms with Crippen LogP contribution in [0.15, 0.2) is 0 Å². The van der Waals surface area contributed by atoms with Crippen LogP contribution in [0.4, 0.5) is 0 Å². The largest absolute Gasteiger partial charge is 0.366 e. The van der Waals surface area contributed by atoms with Crippen molar-refractivity contribution in [2.75, 3.05) is 6.61 Å². The van der Waals surface area contributed by atoms with Crippen LogP contribution in [0.3, 0.4) is 0 Å². The van der Waals surface area contributed by atoms with Crippen molar-refractivity contribution in [3.05, 3.63) is 6.92 Å². The van der Waals surface area contributed by atoms with Crippen molar-refractivity contribution in [2.45, 2.75) is 12.8 Å². The fourth-order valence-corrected chi connectivity index (χ4v) is 0.352. The molecule has 0 spiro atoms. The molecule has 1 radical (unpaired) electrons. The van der Waals surface area contributed by atoms with Gasteiger partial charge >= 0.3 is 0 Å². The van der Waals surface area contributed by atoms with Crippen molar-refractivity contribution in [3.8, 4) is 0 Å².